The number of hydrogen-bond acceptors (Lipinski definition) is 2. The smallest absolute Gasteiger partial charge is 0.306 e. The third-order valence-electron chi connectivity index (χ3n) is 2.81. The van der Waals surface area contributed by atoms with Crippen molar-refractivity contribution in [2.45, 2.75) is 52.1 Å². The molecule has 94 valence electrons. The Morgan fingerprint density at radius 1 is 1.18 bits per heavy atom. The summed E-state index contributed by atoms with van der Waals surface area (Å²) >= 11 is 0. The second-order valence-electron chi connectivity index (χ2n) is 4.35. The first-order valence-electron chi connectivity index (χ1n) is 6.48. The Labute approximate surface area is 104 Å². The fourth-order valence-electron chi connectivity index (χ4n) is 1.74. The Morgan fingerprint density at radius 2 is 1.88 bits per heavy atom. The van der Waals surface area contributed by atoms with Crippen molar-refractivity contribution in [1.29, 1.82) is 0 Å². The molecule has 0 radical (unpaired) electrons. The predicted molar refractivity (Wildman–Crippen MR) is 69.7 cm³/mol. The number of benzene rings is 1. The number of unbranched alkanes of at least 4 members (excludes halogenated alkanes) is 3. The lowest BCUT2D eigenvalue weighted by molar-refractivity contribution is -0.148. The molecule has 0 saturated carbocycles. The van der Waals surface area contributed by atoms with Crippen molar-refractivity contribution in [3.05, 3.63) is 35.9 Å². The number of hydrogen-bond donors (Lipinski definition) is 0. The number of ether oxygens (including phenoxy) is 1. The molecule has 0 aliphatic heterocycles. The summed E-state index contributed by atoms with van der Waals surface area (Å²) in [4.78, 5) is 11.6. The summed E-state index contributed by atoms with van der Waals surface area (Å²) < 4.78 is 5.38. The van der Waals surface area contributed by atoms with Crippen LogP contribution in [0.5, 0.6) is 0 Å². The Balaban J connectivity index is 2.26. The standard InChI is InChI=1S/C15H22O2/c1-3-4-5-9-12-15(16)17-13(2)14-10-7-6-8-11-14/h6-8,10-11,13H,3-5,9,12H2,1-2H3. The normalized spacial score (nSPS) is 12.1. The van der Waals surface area contributed by atoms with E-state index in [1.165, 1.54) is 12.8 Å². The van der Waals surface area contributed by atoms with Crippen LogP contribution >= 0.6 is 0 Å². The molecular formula is C15H22O2. The first kappa shape index (κ1) is 13.8. The average Bonchev–Trinajstić information content (AvgIpc) is 2.36. The molecule has 0 saturated heterocycles. The minimum absolute atomic E-state index is 0.0857. The van der Waals surface area contributed by atoms with Crippen LogP contribution in [0.4, 0.5) is 0 Å². The summed E-state index contributed by atoms with van der Waals surface area (Å²) in [6.45, 7) is 4.08. The van der Waals surface area contributed by atoms with Gasteiger partial charge in [0.15, 0.2) is 0 Å². The topological polar surface area (TPSA) is 26.3 Å². The van der Waals surface area contributed by atoms with Gasteiger partial charge in [0.05, 0.1) is 0 Å². The van der Waals surface area contributed by atoms with Crippen LogP contribution in [0.25, 0.3) is 0 Å². The minimum Gasteiger partial charge on any atom is -0.458 e. The summed E-state index contributed by atoms with van der Waals surface area (Å²) in [5.41, 5.74) is 1.05. The Morgan fingerprint density at radius 3 is 2.53 bits per heavy atom. The highest BCUT2D eigenvalue weighted by Crippen LogP contribution is 2.17. The van der Waals surface area contributed by atoms with Crippen LogP contribution < -0.4 is 0 Å². The van der Waals surface area contributed by atoms with Crippen molar-refractivity contribution in [1.82, 2.24) is 0 Å². The van der Waals surface area contributed by atoms with E-state index in [1.807, 2.05) is 37.3 Å². The van der Waals surface area contributed by atoms with Gasteiger partial charge < -0.3 is 4.74 Å². The quantitative estimate of drug-likeness (QED) is 0.520. The van der Waals surface area contributed by atoms with E-state index in [0.717, 1.165) is 18.4 Å². The molecule has 0 fully saturated rings. The second kappa shape index (κ2) is 7.88. The number of esters is 1. The molecule has 0 aliphatic carbocycles. The lowest BCUT2D eigenvalue weighted by atomic mass is 10.1. The first-order valence-corrected chi connectivity index (χ1v) is 6.48. The summed E-state index contributed by atoms with van der Waals surface area (Å²) in [6, 6.07) is 9.84. The Hall–Kier alpha value is -1.31. The monoisotopic (exact) mass is 234 g/mol. The summed E-state index contributed by atoms with van der Waals surface area (Å²) in [6.07, 6.45) is 4.84. The molecule has 0 aliphatic rings. The maximum atomic E-state index is 11.6. The molecule has 0 spiro atoms. The van der Waals surface area contributed by atoms with E-state index in [1.54, 1.807) is 0 Å². The van der Waals surface area contributed by atoms with Crippen LogP contribution in [0.1, 0.15) is 57.6 Å². The van der Waals surface area contributed by atoms with Gasteiger partial charge in [-0.1, -0.05) is 56.5 Å². The molecule has 2 nitrogen and oxygen atoms in total. The van der Waals surface area contributed by atoms with Crippen LogP contribution in [-0.4, -0.2) is 5.97 Å². The highest BCUT2D eigenvalue weighted by molar-refractivity contribution is 5.69. The molecular weight excluding hydrogens is 212 g/mol. The van der Waals surface area contributed by atoms with Crippen molar-refractivity contribution >= 4 is 5.97 Å². The van der Waals surface area contributed by atoms with Gasteiger partial charge in [0, 0.05) is 6.42 Å². The molecule has 1 unspecified atom stereocenters. The lowest BCUT2D eigenvalue weighted by Crippen LogP contribution is -2.08. The third kappa shape index (κ3) is 5.53. The number of carbonyl (C=O) groups excluding carboxylic acids is 1. The molecule has 2 heteroatoms. The molecule has 1 rings (SSSR count). The summed E-state index contributed by atoms with van der Waals surface area (Å²) in [7, 11) is 0. The van der Waals surface area contributed by atoms with Gasteiger partial charge in [-0.15, -0.1) is 0 Å². The molecule has 0 aromatic heterocycles. The molecule has 0 amide bonds. The minimum atomic E-state index is -0.144. The molecule has 0 N–H and O–H groups in total. The van der Waals surface area contributed by atoms with Crippen LogP contribution in [0.15, 0.2) is 30.3 Å². The van der Waals surface area contributed by atoms with E-state index in [0.29, 0.717) is 6.42 Å². The van der Waals surface area contributed by atoms with E-state index >= 15 is 0 Å². The van der Waals surface area contributed by atoms with E-state index in [-0.39, 0.29) is 12.1 Å². The van der Waals surface area contributed by atoms with Crippen molar-refractivity contribution in [3.63, 3.8) is 0 Å². The number of rotatable bonds is 7. The Bertz CT molecular complexity index is 319. The number of carbonyl (C=O) groups is 1. The van der Waals surface area contributed by atoms with E-state index in [4.69, 9.17) is 4.74 Å². The van der Waals surface area contributed by atoms with Gasteiger partial charge in [0.1, 0.15) is 6.10 Å². The van der Waals surface area contributed by atoms with Crippen molar-refractivity contribution in [3.8, 4) is 0 Å². The van der Waals surface area contributed by atoms with E-state index in [2.05, 4.69) is 6.92 Å². The SMILES string of the molecule is CCCCCCC(=O)OC(C)c1ccccc1. The average molecular weight is 234 g/mol. The summed E-state index contributed by atoms with van der Waals surface area (Å²) in [5, 5.41) is 0. The second-order valence-corrected chi connectivity index (χ2v) is 4.35. The highest BCUT2D eigenvalue weighted by Gasteiger charge is 2.10. The van der Waals surface area contributed by atoms with Crippen LogP contribution in [0.2, 0.25) is 0 Å². The summed E-state index contributed by atoms with van der Waals surface area (Å²) in [5.74, 6) is -0.0857. The van der Waals surface area contributed by atoms with Gasteiger partial charge in [-0.05, 0) is 18.9 Å². The molecule has 1 aromatic rings. The van der Waals surface area contributed by atoms with Gasteiger partial charge in [-0.2, -0.15) is 0 Å². The fraction of sp³-hybridized carbons (Fsp3) is 0.533. The van der Waals surface area contributed by atoms with E-state index in [9.17, 15) is 4.79 Å². The van der Waals surface area contributed by atoms with Gasteiger partial charge in [0.25, 0.3) is 0 Å². The van der Waals surface area contributed by atoms with E-state index < -0.39 is 0 Å². The van der Waals surface area contributed by atoms with Gasteiger partial charge in [-0.3, -0.25) is 4.79 Å². The van der Waals surface area contributed by atoms with Crippen molar-refractivity contribution in [2.75, 3.05) is 0 Å². The van der Waals surface area contributed by atoms with Crippen LogP contribution in [0, 0.1) is 0 Å². The molecule has 0 bridgehead atoms. The van der Waals surface area contributed by atoms with Gasteiger partial charge >= 0.3 is 5.97 Å². The lowest BCUT2D eigenvalue weighted by Gasteiger charge is -2.13. The molecule has 0 heterocycles. The fourth-order valence-corrected chi connectivity index (χ4v) is 1.74. The zero-order chi connectivity index (χ0) is 12.5. The molecule has 1 aromatic carbocycles. The van der Waals surface area contributed by atoms with Crippen LogP contribution in [0.3, 0.4) is 0 Å². The molecule has 1 atom stereocenters. The largest absolute Gasteiger partial charge is 0.458 e. The molecule has 17 heavy (non-hydrogen) atoms. The van der Waals surface area contributed by atoms with Gasteiger partial charge in [0.2, 0.25) is 0 Å². The van der Waals surface area contributed by atoms with Gasteiger partial charge in [-0.25, -0.2) is 0 Å². The van der Waals surface area contributed by atoms with Crippen molar-refractivity contribution < 1.29 is 9.53 Å². The predicted octanol–water partition coefficient (Wildman–Crippen LogP) is 4.26. The van der Waals surface area contributed by atoms with Crippen molar-refractivity contribution in [2.24, 2.45) is 0 Å². The maximum Gasteiger partial charge on any atom is 0.306 e. The zero-order valence-electron chi connectivity index (χ0n) is 10.8. The maximum absolute atomic E-state index is 11.6. The third-order valence-corrected chi connectivity index (χ3v) is 2.81. The zero-order valence-corrected chi connectivity index (χ0v) is 10.8. The first-order chi connectivity index (χ1) is 8.24. The Kier molecular flexibility index (Phi) is 6.38. The highest BCUT2D eigenvalue weighted by atomic mass is 16.5. The van der Waals surface area contributed by atoms with Crippen LogP contribution in [-0.2, 0) is 9.53 Å².